The Bertz CT molecular complexity index is 1870. The van der Waals surface area contributed by atoms with Crippen molar-refractivity contribution in [2.45, 2.75) is 401 Å². The molecule has 0 aromatic heterocycles. The smallest absolute Gasteiger partial charge is 0.462 e. The van der Waals surface area contributed by atoms with Crippen molar-refractivity contribution in [3.8, 4) is 0 Å². The molecule has 0 saturated carbocycles. The molecular formula is C76H148O17P2. The van der Waals surface area contributed by atoms with Crippen molar-refractivity contribution in [2.75, 3.05) is 39.6 Å². The highest BCUT2D eigenvalue weighted by atomic mass is 31.2. The van der Waals surface area contributed by atoms with Gasteiger partial charge in [0.2, 0.25) is 0 Å². The van der Waals surface area contributed by atoms with E-state index in [0.29, 0.717) is 25.7 Å². The minimum absolute atomic E-state index is 0.104. The average Bonchev–Trinajstić information content (AvgIpc) is 3.58. The lowest BCUT2D eigenvalue weighted by atomic mass is 10.0. The fraction of sp³-hybridized carbons (Fsp3) is 0.947. The number of aliphatic hydroxyl groups is 1. The lowest BCUT2D eigenvalue weighted by Crippen LogP contribution is -2.30. The van der Waals surface area contributed by atoms with Crippen LogP contribution < -0.4 is 0 Å². The zero-order chi connectivity index (χ0) is 70.3. The molecule has 5 atom stereocenters. The number of phosphoric acid groups is 2. The number of carbonyl (C=O) groups is 4. The number of rotatable bonds is 73. The second-order valence-corrected chi connectivity index (χ2v) is 32.2. The summed E-state index contributed by atoms with van der Waals surface area (Å²) in [7, 11) is -9.91. The Labute approximate surface area is 581 Å². The van der Waals surface area contributed by atoms with Crippen LogP contribution in [0.25, 0.3) is 0 Å². The van der Waals surface area contributed by atoms with Crippen molar-refractivity contribution in [3.05, 3.63) is 0 Å². The zero-order valence-corrected chi connectivity index (χ0v) is 64.1. The van der Waals surface area contributed by atoms with Gasteiger partial charge in [-0.3, -0.25) is 37.3 Å². The molecule has 19 heteroatoms. The molecule has 0 bridgehead atoms. The van der Waals surface area contributed by atoms with Crippen LogP contribution >= 0.6 is 15.6 Å². The van der Waals surface area contributed by atoms with Crippen LogP contribution in [-0.2, 0) is 65.4 Å². The van der Waals surface area contributed by atoms with Gasteiger partial charge in [-0.2, -0.15) is 0 Å². The molecule has 0 aliphatic rings. The van der Waals surface area contributed by atoms with Crippen molar-refractivity contribution in [1.29, 1.82) is 0 Å². The summed E-state index contributed by atoms with van der Waals surface area (Å²) in [5, 5.41) is 10.6. The third kappa shape index (κ3) is 70.3. The molecule has 0 spiro atoms. The summed E-state index contributed by atoms with van der Waals surface area (Å²) in [6.45, 7) is 14.2. The Kier molecular flexibility index (Phi) is 64.0. The molecule has 0 rings (SSSR count). The Morgan fingerprint density at radius 1 is 0.263 bits per heavy atom. The van der Waals surface area contributed by atoms with Gasteiger partial charge in [-0.15, -0.1) is 0 Å². The molecule has 564 valence electrons. The maximum absolute atomic E-state index is 13.1. The van der Waals surface area contributed by atoms with Gasteiger partial charge in [0, 0.05) is 25.7 Å². The van der Waals surface area contributed by atoms with Crippen LogP contribution in [0.4, 0.5) is 0 Å². The number of aliphatic hydroxyl groups excluding tert-OH is 1. The molecule has 3 unspecified atom stereocenters. The Morgan fingerprint density at radius 3 is 0.653 bits per heavy atom. The van der Waals surface area contributed by atoms with Crippen LogP contribution in [0.3, 0.4) is 0 Å². The highest BCUT2D eigenvalue weighted by Gasteiger charge is 2.30. The van der Waals surface area contributed by atoms with Crippen molar-refractivity contribution >= 4 is 39.5 Å². The van der Waals surface area contributed by atoms with E-state index in [4.69, 9.17) is 37.0 Å². The fourth-order valence-corrected chi connectivity index (χ4v) is 13.1. The highest BCUT2D eigenvalue weighted by Crippen LogP contribution is 2.45. The Balaban J connectivity index is 5.22. The largest absolute Gasteiger partial charge is 0.472 e. The molecular weight excluding hydrogens is 1250 g/mol. The Morgan fingerprint density at radius 2 is 0.442 bits per heavy atom. The third-order valence-corrected chi connectivity index (χ3v) is 19.5. The number of esters is 4. The fourth-order valence-electron chi connectivity index (χ4n) is 11.6. The van der Waals surface area contributed by atoms with Gasteiger partial charge in [0.15, 0.2) is 12.2 Å². The topological polar surface area (TPSA) is 237 Å². The first-order chi connectivity index (χ1) is 45.6. The SMILES string of the molecule is CC(C)CCCCCCCCCCCCCCCCCCC(=O)OC[C@H](COP(=O)(O)OCC(O)COP(=O)(O)OC[C@@H](COC(=O)CCCCCCCCCCC(C)C)OC(=O)CCCCCCCCCCCC(C)C)OC(=O)CCCCCCCCCCCCC(C)C. The van der Waals surface area contributed by atoms with E-state index in [-0.39, 0.29) is 25.7 Å². The molecule has 0 aromatic rings. The summed E-state index contributed by atoms with van der Waals surface area (Å²) in [4.78, 5) is 72.8. The number of carbonyl (C=O) groups excluding carboxylic acids is 4. The second-order valence-electron chi connectivity index (χ2n) is 29.3. The number of hydrogen-bond donors (Lipinski definition) is 3. The van der Waals surface area contributed by atoms with Gasteiger partial charge >= 0.3 is 39.5 Å². The summed E-state index contributed by atoms with van der Waals surface area (Å²) in [6.07, 6.45) is 50.1. The summed E-state index contributed by atoms with van der Waals surface area (Å²) in [5.74, 6) is 0.905. The van der Waals surface area contributed by atoms with E-state index in [2.05, 4.69) is 55.4 Å². The average molecular weight is 1400 g/mol. The number of ether oxygens (including phenoxy) is 4. The molecule has 0 heterocycles. The lowest BCUT2D eigenvalue weighted by molar-refractivity contribution is -0.161. The van der Waals surface area contributed by atoms with Gasteiger partial charge in [0.05, 0.1) is 26.4 Å². The number of phosphoric ester groups is 2. The lowest BCUT2D eigenvalue weighted by Gasteiger charge is -2.21. The van der Waals surface area contributed by atoms with Crippen LogP contribution in [0.5, 0.6) is 0 Å². The van der Waals surface area contributed by atoms with Crippen LogP contribution in [0.15, 0.2) is 0 Å². The summed E-state index contributed by atoms with van der Waals surface area (Å²) < 4.78 is 68.5. The zero-order valence-electron chi connectivity index (χ0n) is 62.3. The molecule has 3 N–H and O–H groups in total. The van der Waals surface area contributed by atoms with Crippen molar-refractivity contribution in [3.63, 3.8) is 0 Å². The maximum Gasteiger partial charge on any atom is 0.472 e. The first kappa shape index (κ1) is 93.1. The second kappa shape index (κ2) is 65.4. The van der Waals surface area contributed by atoms with E-state index in [0.717, 1.165) is 114 Å². The van der Waals surface area contributed by atoms with E-state index in [1.807, 2.05) is 0 Å². The van der Waals surface area contributed by atoms with Gasteiger partial charge in [0.25, 0.3) is 0 Å². The predicted molar refractivity (Wildman–Crippen MR) is 386 cm³/mol. The summed E-state index contributed by atoms with van der Waals surface area (Å²) in [6, 6.07) is 0. The van der Waals surface area contributed by atoms with Crippen LogP contribution in [0, 0.1) is 23.7 Å². The first-order valence-corrected chi connectivity index (χ1v) is 42.2. The normalized spacial score (nSPS) is 14.1. The predicted octanol–water partition coefficient (Wildman–Crippen LogP) is 22.0. The molecule has 0 aliphatic heterocycles. The van der Waals surface area contributed by atoms with Gasteiger partial charge in [-0.25, -0.2) is 9.13 Å². The third-order valence-electron chi connectivity index (χ3n) is 17.6. The first-order valence-electron chi connectivity index (χ1n) is 39.2. The highest BCUT2D eigenvalue weighted by molar-refractivity contribution is 7.47. The van der Waals surface area contributed by atoms with Crippen molar-refractivity contribution in [1.82, 2.24) is 0 Å². The van der Waals surface area contributed by atoms with Crippen LogP contribution in [-0.4, -0.2) is 96.7 Å². The number of hydrogen-bond acceptors (Lipinski definition) is 15. The van der Waals surface area contributed by atoms with E-state index < -0.39 is 97.5 Å². The molecule has 0 aliphatic carbocycles. The summed E-state index contributed by atoms with van der Waals surface area (Å²) >= 11 is 0. The van der Waals surface area contributed by atoms with Gasteiger partial charge in [0.1, 0.15) is 19.3 Å². The monoisotopic (exact) mass is 1400 g/mol. The molecule has 0 fully saturated rings. The van der Waals surface area contributed by atoms with Crippen molar-refractivity contribution in [2.24, 2.45) is 23.7 Å². The molecule has 17 nitrogen and oxygen atoms in total. The maximum atomic E-state index is 13.1. The van der Waals surface area contributed by atoms with E-state index in [9.17, 15) is 43.2 Å². The Hall–Kier alpha value is -1.94. The standard InChI is InChI=1S/C76H148O17P2/c1-66(2)52-44-36-28-20-15-13-11-9-10-12-14-16-23-32-40-48-56-73(78)86-62-71(92-75(80)58-50-42-34-24-18-17-21-29-37-45-53-67(3)4)64-90-94(82,83)88-60-70(77)61-89-95(84,85)91-65-72(63-87-74(79)57-49-41-33-27-26-31-39-47-55-69(7)8)93-76(81)59-51-43-35-25-19-22-30-38-46-54-68(5)6/h66-72,77H,9-65H2,1-8H3,(H,82,83)(H,84,85)/t70?,71-,72-/m1/s1. The summed E-state index contributed by atoms with van der Waals surface area (Å²) in [5.41, 5.74) is 0. The van der Waals surface area contributed by atoms with Crippen LogP contribution in [0.2, 0.25) is 0 Å². The van der Waals surface area contributed by atoms with E-state index in [1.54, 1.807) is 0 Å². The molecule has 0 saturated heterocycles. The minimum atomic E-state index is -4.96. The minimum Gasteiger partial charge on any atom is -0.462 e. The van der Waals surface area contributed by atoms with E-state index >= 15 is 0 Å². The molecule has 0 amide bonds. The van der Waals surface area contributed by atoms with Crippen molar-refractivity contribution < 1.29 is 80.2 Å². The van der Waals surface area contributed by atoms with Gasteiger partial charge in [-0.1, -0.05) is 331 Å². The number of unbranched alkanes of at least 4 members (excludes halogenated alkanes) is 39. The van der Waals surface area contributed by atoms with Gasteiger partial charge in [-0.05, 0) is 49.4 Å². The molecule has 95 heavy (non-hydrogen) atoms. The van der Waals surface area contributed by atoms with E-state index in [1.165, 1.54) is 186 Å². The van der Waals surface area contributed by atoms with Crippen LogP contribution in [0.1, 0.15) is 383 Å². The molecule has 0 aromatic carbocycles. The van der Waals surface area contributed by atoms with Gasteiger partial charge < -0.3 is 33.8 Å². The molecule has 0 radical (unpaired) electrons. The quantitative estimate of drug-likeness (QED) is 0.0222.